The summed E-state index contributed by atoms with van der Waals surface area (Å²) in [5.41, 5.74) is 2.06. The molecule has 0 aliphatic carbocycles. The molecule has 7 nitrogen and oxygen atoms in total. The minimum Gasteiger partial charge on any atom is -0.487 e. The number of halogens is 3. The summed E-state index contributed by atoms with van der Waals surface area (Å²) >= 11 is 15.6. The number of anilines is 1. The normalized spacial score (nSPS) is 10.9. The van der Waals surface area contributed by atoms with Crippen LogP contribution >= 0.6 is 39.1 Å². The molecule has 3 aromatic carbocycles. The molecule has 3 aromatic rings. The number of allylic oxidation sites excluding steroid dienone is 1. The molecular formula is C26H18BrCl2N3O4. The molecule has 36 heavy (non-hydrogen) atoms. The number of carbonyl (C=O) groups is 1. The van der Waals surface area contributed by atoms with E-state index < -0.39 is 10.8 Å². The van der Waals surface area contributed by atoms with Gasteiger partial charge in [0.1, 0.15) is 24.0 Å². The van der Waals surface area contributed by atoms with Gasteiger partial charge >= 0.3 is 0 Å². The highest BCUT2D eigenvalue weighted by molar-refractivity contribution is 9.10. The van der Waals surface area contributed by atoms with Crippen LogP contribution in [0, 0.1) is 21.4 Å². The second-order valence-corrected chi connectivity index (χ2v) is 9.06. The number of ether oxygens (including phenoxy) is 1. The Labute approximate surface area is 225 Å². The van der Waals surface area contributed by atoms with Crippen molar-refractivity contribution in [3.8, 4) is 11.8 Å². The highest BCUT2D eigenvalue weighted by Gasteiger charge is 2.15. The number of amides is 1. The third kappa shape index (κ3) is 6.73. The lowest BCUT2D eigenvalue weighted by Gasteiger charge is -2.14. The number of benzene rings is 3. The molecule has 0 aliphatic rings. The third-order valence-electron chi connectivity index (χ3n) is 4.89. The lowest BCUT2D eigenvalue weighted by atomic mass is 10.0. The Morgan fingerprint density at radius 3 is 2.67 bits per heavy atom. The van der Waals surface area contributed by atoms with E-state index in [-0.39, 0.29) is 33.6 Å². The highest BCUT2D eigenvalue weighted by atomic mass is 79.9. The third-order valence-corrected chi connectivity index (χ3v) is 6.30. The van der Waals surface area contributed by atoms with Crippen LogP contribution in [0.5, 0.6) is 5.75 Å². The number of nitrogens with one attached hydrogen (secondary N) is 1. The first-order valence-electron chi connectivity index (χ1n) is 10.4. The Morgan fingerprint density at radius 2 is 1.97 bits per heavy atom. The molecule has 1 amide bonds. The van der Waals surface area contributed by atoms with Crippen LogP contribution in [-0.4, -0.2) is 10.8 Å². The Balaban J connectivity index is 1.87. The summed E-state index contributed by atoms with van der Waals surface area (Å²) in [7, 11) is 0. The first-order chi connectivity index (χ1) is 17.2. The van der Waals surface area contributed by atoms with Crippen LogP contribution in [0.15, 0.2) is 77.3 Å². The van der Waals surface area contributed by atoms with E-state index in [4.69, 9.17) is 27.9 Å². The number of non-ortho nitro benzene ring substituents is 1. The number of nitro benzene ring substituents is 1. The molecular weight excluding hydrogens is 569 g/mol. The van der Waals surface area contributed by atoms with Crippen LogP contribution in [0.4, 0.5) is 11.4 Å². The topological polar surface area (TPSA) is 105 Å². The Kier molecular flexibility index (Phi) is 9.25. The second-order valence-electron chi connectivity index (χ2n) is 7.42. The van der Waals surface area contributed by atoms with Crippen molar-refractivity contribution in [1.82, 2.24) is 0 Å². The molecule has 0 atom stereocenters. The van der Waals surface area contributed by atoms with Crippen molar-refractivity contribution in [3.63, 3.8) is 0 Å². The molecule has 0 unspecified atom stereocenters. The van der Waals surface area contributed by atoms with Gasteiger partial charge in [0.05, 0.1) is 25.1 Å². The number of nitrogens with zero attached hydrogens (tertiary/aromatic N) is 2. The van der Waals surface area contributed by atoms with Crippen LogP contribution in [0.2, 0.25) is 10.0 Å². The summed E-state index contributed by atoms with van der Waals surface area (Å²) in [5, 5.41) is 23.7. The number of hydrogen-bond donors (Lipinski definition) is 1. The average molecular weight is 587 g/mol. The van der Waals surface area contributed by atoms with E-state index >= 15 is 0 Å². The molecule has 1 N–H and O–H groups in total. The van der Waals surface area contributed by atoms with Gasteiger partial charge in [-0.1, -0.05) is 47.5 Å². The highest BCUT2D eigenvalue weighted by Crippen LogP contribution is 2.34. The van der Waals surface area contributed by atoms with E-state index in [2.05, 4.69) is 27.8 Å². The van der Waals surface area contributed by atoms with E-state index in [1.54, 1.807) is 48.5 Å². The average Bonchev–Trinajstić information content (AvgIpc) is 2.85. The van der Waals surface area contributed by atoms with Crippen molar-refractivity contribution in [2.75, 3.05) is 5.32 Å². The molecule has 0 spiro atoms. The predicted molar refractivity (Wildman–Crippen MR) is 144 cm³/mol. The quantitative estimate of drug-likeness (QED) is 0.0917. The van der Waals surface area contributed by atoms with E-state index in [9.17, 15) is 20.2 Å². The molecule has 0 fully saturated rings. The van der Waals surface area contributed by atoms with Gasteiger partial charge in [0.25, 0.3) is 11.6 Å². The van der Waals surface area contributed by atoms with Gasteiger partial charge in [0, 0.05) is 12.1 Å². The zero-order valence-electron chi connectivity index (χ0n) is 18.6. The van der Waals surface area contributed by atoms with Crippen molar-refractivity contribution in [2.45, 2.75) is 13.0 Å². The van der Waals surface area contributed by atoms with E-state index in [1.165, 1.54) is 18.2 Å². The van der Waals surface area contributed by atoms with Gasteiger partial charge in [-0.15, -0.1) is 6.58 Å². The standard InChI is InChI=1S/C26H18BrCl2N3O4/c1-2-5-18-10-17(11-19(14-30)26(33)31-23-9-4-8-22(28)24(23)29)13-21(27)25(18)36-15-16-6-3-7-20(12-16)32(34)35/h2-4,6-13H,1,5,15H2,(H,31,33)/b19-11-. The summed E-state index contributed by atoms with van der Waals surface area (Å²) < 4.78 is 6.55. The van der Waals surface area contributed by atoms with Gasteiger partial charge in [0.15, 0.2) is 0 Å². The molecule has 0 saturated heterocycles. The molecule has 3 rings (SSSR count). The largest absolute Gasteiger partial charge is 0.487 e. The van der Waals surface area contributed by atoms with Crippen LogP contribution in [0.3, 0.4) is 0 Å². The minimum absolute atomic E-state index is 0.0247. The van der Waals surface area contributed by atoms with Crippen LogP contribution in [0.1, 0.15) is 16.7 Å². The van der Waals surface area contributed by atoms with Gasteiger partial charge < -0.3 is 10.1 Å². The molecule has 0 heterocycles. The summed E-state index contributed by atoms with van der Waals surface area (Å²) in [5.74, 6) is -0.124. The fraction of sp³-hybridized carbons (Fsp3) is 0.0769. The molecule has 0 aliphatic heterocycles. The monoisotopic (exact) mass is 585 g/mol. The Bertz CT molecular complexity index is 1420. The summed E-state index contributed by atoms with van der Waals surface area (Å²) in [4.78, 5) is 23.3. The summed E-state index contributed by atoms with van der Waals surface area (Å²) in [6.45, 7) is 3.88. The molecule has 0 aromatic heterocycles. The van der Waals surface area contributed by atoms with Crippen LogP contribution in [0.25, 0.3) is 6.08 Å². The number of hydrogen-bond acceptors (Lipinski definition) is 5. The number of nitriles is 1. The fourth-order valence-corrected chi connectivity index (χ4v) is 4.23. The first-order valence-corrected chi connectivity index (χ1v) is 11.9. The SMILES string of the molecule is C=CCc1cc(/C=C(/C#N)C(=O)Nc2cccc(Cl)c2Cl)cc(Br)c1OCc1cccc([N+](=O)[O-])c1. The maximum absolute atomic E-state index is 12.7. The molecule has 0 saturated carbocycles. The number of rotatable bonds is 9. The summed E-state index contributed by atoms with van der Waals surface area (Å²) in [6.07, 6.45) is 3.57. The number of carbonyl (C=O) groups excluding carboxylic acids is 1. The van der Waals surface area contributed by atoms with E-state index in [0.717, 1.165) is 5.56 Å². The molecule has 182 valence electrons. The lowest BCUT2D eigenvalue weighted by Crippen LogP contribution is -2.13. The maximum Gasteiger partial charge on any atom is 0.269 e. The minimum atomic E-state index is -0.644. The Hall–Kier alpha value is -3.64. The van der Waals surface area contributed by atoms with Gasteiger partial charge in [-0.3, -0.25) is 14.9 Å². The smallest absolute Gasteiger partial charge is 0.269 e. The van der Waals surface area contributed by atoms with Crippen LogP contribution in [-0.2, 0) is 17.8 Å². The van der Waals surface area contributed by atoms with E-state index in [0.29, 0.717) is 27.8 Å². The lowest BCUT2D eigenvalue weighted by molar-refractivity contribution is -0.384. The van der Waals surface area contributed by atoms with Crippen molar-refractivity contribution in [3.05, 3.63) is 114 Å². The maximum atomic E-state index is 12.7. The number of nitro groups is 1. The zero-order chi connectivity index (χ0) is 26.2. The van der Waals surface area contributed by atoms with Crippen LogP contribution < -0.4 is 10.1 Å². The van der Waals surface area contributed by atoms with Crippen molar-refractivity contribution in [1.29, 1.82) is 5.26 Å². The van der Waals surface area contributed by atoms with Crippen molar-refractivity contribution < 1.29 is 14.5 Å². The van der Waals surface area contributed by atoms with Gasteiger partial charge in [-0.2, -0.15) is 5.26 Å². The fourth-order valence-electron chi connectivity index (χ4n) is 3.25. The van der Waals surface area contributed by atoms with E-state index in [1.807, 2.05) is 6.07 Å². The zero-order valence-corrected chi connectivity index (χ0v) is 21.7. The molecule has 10 heteroatoms. The van der Waals surface area contributed by atoms with Crippen molar-refractivity contribution in [2.24, 2.45) is 0 Å². The van der Waals surface area contributed by atoms with Gasteiger partial charge in [-0.05, 0) is 69.4 Å². The molecule has 0 bridgehead atoms. The van der Waals surface area contributed by atoms with Gasteiger partial charge in [-0.25, -0.2) is 0 Å². The predicted octanol–water partition coefficient (Wildman–Crippen LogP) is 7.52. The first kappa shape index (κ1) is 27.0. The summed E-state index contributed by atoms with van der Waals surface area (Å²) in [6, 6.07) is 16.3. The molecule has 0 radical (unpaired) electrons. The Morgan fingerprint density at radius 1 is 1.22 bits per heavy atom. The van der Waals surface area contributed by atoms with Gasteiger partial charge in [0.2, 0.25) is 0 Å². The van der Waals surface area contributed by atoms with Crippen molar-refractivity contribution >= 4 is 62.5 Å². The second kappa shape index (κ2) is 12.4.